The Hall–Kier alpha value is -2.46. The van der Waals surface area contributed by atoms with Gasteiger partial charge in [-0.15, -0.1) is 11.8 Å². The second kappa shape index (κ2) is 7.88. The molecule has 0 unspecified atom stereocenters. The van der Waals surface area contributed by atoms with E-state index >= 15 is 0 Å². The van der Waals surface area contributed by atoms with Gasteiger partial charge >= 0.3 is 5.97 Å². The van der Waals surface area contributed by atoms with Crippen LogP contribution in [0.4, 0.5) is 0 Å². The lowest BCUT2D eigenvalue weighted by Gasteiger charge is -2.30. The second-order valence-corrected chi connectivity index (χ2v) is 5.85. The minimum absolute atomic E-state index is 0.349. The zero-order chi connectivity index (χ0) is 17.7. The van der Waals surface area contributed by atoms with Crippen LogP contribution in [0.25, 0.3) is 0 Å². The highest BCUT2D eigenvalue weighted by Crippen LogP contribution is 2.39. The number of ether oxygens (including phenoxy) is 2. The number of nitrogens with zero attached hydrogens (tertiary/aromatic N) is 1. The van der Waals surface area contributed by atoms with Crippen molar-refractivity contribution in [2.24, 2.45) is 5.92 Å². The summed E-state index contributed by atoms with van der Waals surface area (Å²) < 4.78 is 10.2. The Kier molecular flexibility index (Phi) is 5.88. The highest BCUT2D eigenvalue weighted by molar-refractivity contribution is 8.02. The molecule has 1 amide bonds. The monoisotopic (exact) mass is 346 g/mol. The molecule has 0 spiro atoms. The molecule has 0 bridgehead atoms. The van der Waals surface area contributed by atoms with Gasteiger partial charge in [-0.2, -0.15) is 5.26 Å². The van der Waals surface area contributed by atoms with Crippen LogP contribution in [0.1, 0.15) is 18.4 Å². The van der Waals surface area contributed by atoms with Gasteiger partial charge < -0.3 is 14.8 Å². The van der Waals surface area contributed by atoms with Gasteiger partial charge in [-0.3, -0.25) is 9.59 Å². The molecule has 0 aliphatic carbocycles. The average Bonchev–Trinajstić information content (AvgIpc) is 2.61. The van der Waals surface area contributed by atoms with Crippen molar-refractivity contribution in [3.8, 4) is 11.8 Å². The van der Waals surface area contributed by atoms with E-state index in [0.717, 1.165) is 0 Å². The third kappa shape index (κ3) is 3.39. The van der Waals surface area contributed by atoms with E-state index in [2.05, 4.69) is 11.4 Å². The van der Waals surface area contributed by atoms with Crippen molar-refractivity contribution in [2.45, 2.75) is 12.8 Å². The van der Waals surface area contributed by atoms with Gasteiger partial charge in [-0.05, 0) is 30.9 Å². The first-order valence-corrected chi connectivity index (χ1v) is 8.59. The van der Waals surface area contributed by atoms with E-state index in [1.807, 2.05) is 6.92 Å². The molecule has 1 aliphatic rings. The lowest BCUT2D eigenvalue weighted by molar-refractivity contribution is -0.150. The fourth-order valence-electron chi connectivity index (χ4n) is 2.66. The summed E-state index contributed by atoms with van der Waals surface area (Å²) in [5, 5.41) is 12.7. The predicted octanol–water partition coefficient (Wildman–Crippen LogP) is 2.19. The summed E-state index contributed by atoms with van der Waals surface area (Å²) in [4.78, 5) is 24.5. The van der Waals surface area contributed by atoms with Gasteiger partial charge in [-0.25, -0.2) is 0 Å². The van der Waals surface area contributed by atoms with E-state index < -0.39 is 23.7 Å². The van der Waals surface area contributed by atoms with Crippen LogP contribution >= 0.6 is 11.8 Å². The Bertz CT molecular complexity index is 706. The van der Waals surface area contributed by atoms with Crippen LogP contribution in [-0.2, 0) is 14.3 Å². The maximum atomic E-state index is 12.4. The molecular formula is C17H18N2O4S. The Balaban J connectivity index is 2.54. The highest BCUT2D eigenvalue weighted by atomic mass is 32.2. The largest absolute Gasteiger partial charge is 0.494 e. The van der Waals surface area contributed by atoms with Crippen LogP contribution in [0.3, 0.4) is 0 Å². The topological polar surface area (TPSA) is 88.4 Å². The number of hydrogen-bond acceptors (Lipinski definition) is 6. The maximum Gasteiger partial charge on any atom is 0.319 e. The van der Waals surface area contributed by atoms with E-state index in [1.165, 1.54) is 18.9 Å². The van der Waals surface area contributed by atoms with Crippen molar-refractivity contribution in [3.05, 3.63) is 40.4 Å². The SMILES string of the molecule is CCOc1ccc([C@@H]2C(C#N)=C(SC)NC(=O)[C@H]2C(=O)OC)cc1. The van der Waals surface area contributed by atoms with E-state index in [-0.39, 0.29) is 0 Å². The molecule has 6 nitrogen and oxygen atoms in total. The average molecular weight is 346 g/mol. The van der Waals surface area contributed by atoms with Gasteiger partial charge in [0.25, 0.3) is 0 Å². The molecule has 2 atom stereocenters. The Morgan fingerprint density at radius 2 is 2.04 bits per heavy atom. The predicted molar refractivity (Wildman–Crippen MR) is 90.2 cm³/mol. The minimum Gasteiger partial charge on any atom is -0.494 e. The number of thioether (sulfide) groups is 1. The molecule has 0 fully saturated rings. The summed E-state index contributed by atoms with van der Waals surface area (Å²) in [6.45, 7) is 2.42. The number of nitrogens with one attached hydrogen (secondary N) is 1. The van der Waals surface area contributed by atoms with Crippen molar-refractivity contribution in [3.63, 3.8) is 0 Å². The number of nitriles is 1. The van der Waals surface area contributed by atoms with E-state index in [0.29, 0.717) is 28.5 Å². The molecule has 1 aromatic rings. The molecule has 1 aromatic carbocycles. The molecule has 24 heavy (non-hydrogen) atoms. The van der Waals surface area contributed by atoms with Crippen molar-refractivity contribution >= 4 is 23.6 Å². The third-order valence-electron chi connectivity index (χ3n) is 3.74. The maximum absolute atomic E-state index is 12.4. The number of esters is 1. The molecule has 2 rings (SSSR count). The first-order valence-electron chi connectivity index (χ1n) is 7.37. The summed E-state index contributed by atoms with van der Waals surface area (Å²) in [5.41, 5.74) is 1.04. The summed E-state index contributed by atoms with van der Waals surface area (Å²) in [7, 11) is 1.23. The van der Waals surface area contributed by atoms with Crippen LogP contribution in [-0.4, -0.2) is 31.8 Å². The summed E-state index contributed by atoms with van der Waals surface area (Å²) in [6, 6.07) is 9.17. The molecule has 1 heterocycles. The van der Waals surface area contributed by atoms with Gasteiger partial charge in [0.1, 0.15) is 11.7 Å². The van der Waals surface area contributed by atoms with Crippen LogP contribution in [0.15, 0.2) is 34.9 Å². The van der Waals surface area contributed by atoms with E-state index in [4.69, 9.17) is 9.47 Å². The van der Waals surface area contributed by atoms with E-state index in [1.54, 1.807) is 30.5 Å². The number of carbonyl (C=O) groups excluding carboxylic acids is 2. The van der Waals surface area contributed by atoms with Crippen molar-refractivity contribution < 1.29 is 19.1 Å². The molecule has 0 saturated heterocycles. The summed E-state index contributed by atoms with van der Waals surface area (Å²) >= 11 is 1.26. The number of hydrogen-bond donors (Lipinski definition) is 1. The molecule has 0 saturated carbocycles. The zero-order valence-corrected chi connectivity index (χ0v) is 14.5. The van der Waals surface area contributed by atoms with Crippen molar-refractivity contribution in [1.82, 2.24) is 5.32 Å². The Labute approximate surface area is 144 Å². The van der Waals surface area contributed by atoms with Crippen LogP contribution in [0.5, 0.6) is 5.75 Å². The second-order valence-electron chi connectivity index (χ2n) is 5.03. The number of amides is 1. The lowest BCUT2D eigenvalue weighted by Crippen LogP contribution is -2.44. The highest BCUT2D eigenvalue weighted by Gasteiger charge is 2.44. The summed E-state index contributed by atoms with van der Waals surface area (Å²) in [6.07, 6.45) is 1.76. The Morgan fingerprint density at radius 3 is 2.54 bits per heavy atom. The standard InChI is InChI=1S/C17H18N2O4S/c1-4-23-11-7-5-10(6-8-11)13-12(9-18)16(24-3)19-15(20)14(13)17(21)22-2/h5-8,13-14H,4H2,1-3H3,(H,19,20)/t13-,14+/m1/s1. The lowest BCUT2D eigenvalue weighted by atomic mass is 9.78. The number of allylic oxidation sites excluding steroid dienone is 1. The molecule has 126 valence electrons. The molecule has 0 aromatic heterocycles. The normalized spacial score (nSPS) is 20.2. The third-order valence-corrected chi connectivity index (χ3v) is 4.47. The smallest absolute Gasteiger partial charge is 0.319 e. The van der Waals surface area contributed by atoms with Gasteiger partial charge in [-0.1, -0.05) is 12.1 Å². The zero-order valence-electron chi connectivity index (χ0n) is 13.7. The number of carbonyl (C=O) groups is 2. The van der Waals surface area contributed by atoms with Gasteiger partial charge in [0, 0.05) is 5.92 Å². The molecule has 1 aliphatic heterocycles. The first kappa shape index (κ1) is 17.9. The molecule has 7 heteroatoms. The molecule has 0 radical (unpaired) electrons. The minimum atomic E-state index is -1.10. The fourth-order valence-corrected chi connectivity index (χ4v) is 3.26. The quantitative estimate of drug-likeness (QED) is 0.649. The van der Waals surface area contributed by atoms with E-state index in [9.17, 15) is 14.9 Å². The van der Waals surface area contributed by atoms with Crippen LogP contribution < -0.4 is 10.1 Å². The van der Waals surface area contributed by atoms with Crippen LogP contribution in [0.2, 0.25) is 0 Å². The number of benzene rings is 1. The Morgan fingerprint density at radius 1 is 1.38 bits per heavy atom. The van der Waals surface area contributed by atoms with Gasteiger partial charge in [0.15, 0.2) is 0 Å². The van der Waals surface area contributed by atoms with Gasteiger partial charge in [0.2, 0.25) is 5.91 Å². The first-order chi connectivity index (χ1) is 11.6. The fraction of sp³-hybridized carbons (Fsp3) is 0.353. The molecular weight excluding hydrogens is 328 g/mol. The van der Waals surface area contributed by atoms with Crippen molar-refractivity contribution in [2.75, 3.05) is 20.0 Å². The van der Waals surface area contributed by atoms with Crippen molar-refractivity contribution in [1.29, 1.82) is 5.26 Å². The summed E-state index contributed by atoms with van der Waals surface area (Å²) in [5.74, 6) is -2.24. The van der Waals surface area contributed by atoms with Gasteiger partial charge in [0.05, 0.1) is 30.4 Å². The van der Waals surface area contributed by atoms with Crippen LogP contribution in [0, 0.1) is 17.2 Å². The molecule has 1 N–H and O–H groups in total. The number of methoxy groups -OCH3 is 1. The number of rotatable bonds is 5.